The summed E-state index contributed by atoms with van der Waals surface area (Å²) in [6.07, 6.45) is -2.03. The van der Waals surface area contributed by atoms with E-state index in [0.29, 0.717) is 12.0 Å². The van der Waals surface area contributed by atoms with Gasteiger partial charge < -0.3 is 5.32 Å². The van der Waals surface area contributed by atoms with Crippen molar-refractivity contribution in [3.05, 3.63) is 29.8 Å². The van der Waals surface area contributed by atoms with Gasteiger partial charge in [0.1, 0.15) is 0 Å². The minimum absolute atomic E-state index is 0.411. The molecule has 4 heteroatoms. The van der Waals surface area contributed by atoms with Gasteiger partial charge >= 0.3 is 6.18 Å². The number of hydrogen-bond donors (Lipinski definition) is 1. The van der Waals surface area contributed by atoms with Crippen molar-refractivity contribution in [2.75, 3.05) is 5.32 Å². The highest BCUT2D eigenvalue weighted by molar-refractivity contribution is 5.46. The Kier molecular flexibility index (Phi) is 3.55. The van der Waals surface area contributed by atoms with E-state index in [-0.39, 0.29) is 0 Å². The van der Waals surface area contributed by atoms with Gasteiger partial charge in [-0.1, -0.05) is 13.8 Å². The highest BCUT2D eigenvalue weighted by Gasteiger charge is 2.32. The second-order valence-electron chi connectivity index (χ2n) is 5.39. The fourth-order valence-corrected chi connectivity index (χ4v) is 2.32. The van der Waals surface area contributed by atoms with Crippen LogP contribution in [0.2, 0.25) is 0 Å². The fourth-order valence-electron chi connectivity index (χ4n) is 2.32. The van der Waals surface area contributed by atoms with E-state index in [4.69, 9.17) is 0 Å². The van der Waals surface area contributed by atoms with E-state index in [0.717, 1.165) is 36.6 Å². The summed E-state index contributed by atoms with van der Waals surface area (Å²) < 4.78 is 37.1. The first-order chi connectivity index (χ1) is 8.36. The van der Waals surface area contributed by atoms with E-state index in [1.165, 1.54) is 12.1 Å². The predicted octanol–water partition coefficient (Wildman–Crippen LogP) is 4.55. The van der Waals surface area contributed by atoms with E-state index < -0.39 is 11.7 Å². The van der Waals surface area contributed by atoms with Gasteiger partial charge in [0.05, 0.1) is 5.56 Å². The number of hydrogen-bond acceptors (Lipinski definition) is 1. The van der Waals surface area contributed by atoms with Crippen LogP contribution in [0.1, 0.15) is 32.3 Å². The maximum Gasteiger partial charge on any atom is 0.416 e. The van der Waals surface area contributed by atoms with Crippen molar-refractivity contribution in [1.29, 1.82) is 0 Å². The van der Waals surface area contributed by atoms with Crippen LogP contribution in [-0.2, 0) is 6.18 Å². The van der Waals surface area contributed by atoms with Gasteiger partial charge in [-0.3, -0.25) is 0 Å². The van der Waals surface area contributed by atoms with Gasteiger partial charge in [-0.15, -0.1) is 0 Å². The maximum atomic E-state index is 12.4. The van der Waals surface area contributed by atoms with Gasteiger partial charge in [-0.05, 0) is 48.9 Å². The van der Waals surface area contributed by atoms with Gasteiger partial charge in [0, 0.05) is 11.7 Å². The Morgan fingerprint density at radius 1 is 1.11 bits per heavy atom. The zero-order valence-electron chi connectivity index (χ0n) is 10.6. The Morgan fingerprint density at radius 3 is 2.11 bits per heavy atom. The molecule has 0 amide bonds. The smallest absolute Gasteiger partial charge is 0.382 e. The van der Waals surface area contributed by atoms with Crippen LogP contribution in [0.15, 0.2) is 24.3 Å². The molecule has 0 aromatic heterocycles. The van der Waals surface area contributed by atoms with Crippen molar-refractivity contribution in [2.45, 2.75) is 38.9 Å². The molecule has 0 heterocycles. The van der Waals surface area contributed by atoms with Crippen molar-refractivity contribution in [2.24, 2.45) is 11.8 Å². The largest absolute Gasteiger partial charge is 0.416 e. The minimum atomic E-state index is -4.25. The first-order valence-electron chi connectivity index (χ1n) is 6.30. The molecule has 0 radical (unpaired) electrons. The van der Waals surface area contributed by atoms with Crippen LogP contribution in [0, 0.1) is 11.8 Å². The molecule has 100 valence electrons. The summed E-state index contributed by atoms with van der Waals surface area (Å²) in [5, 5.41) is 3.27. The quantitative estimate of drug-likeness (QED) is 0.837. The standard InChI is InChI=1S/C14H18F3N/c1-9(2)10-7-13(8-10)18-12-5-3-11(4-6-12)14(15,16)17/h3-6,9-10,13,18H,7-8H2,1-2H3. The Bertz CT molecular complexity index is 388. The zero-order valence-corrected chi connectivity index (χ0v) is 10.6. The van der Waals surface area contributed by atoms with Gasteiger partial charge in [0.15, 0.2) is 0 Å². The number of alkyl halides is 3. The molecule has 1 aromatic rings. The number of halogens is 3. The summed E-state index contributed by atoms with van der Waals surface area (Å²) in [5.41, 5.74) is 0.178. The van der Waals surface area contributed by atoms with Gasteiger partial charge in [0.2, 0.25) is 0 Å². The maximum absolute atomic E-state index is 12.4. The summed E-state index contributed by atoms with van der Waals surface area (Å²) >= 11 is 0. The molecular weight excluding hydrogens is 239 g/mol. The lowest BCUT2D eigenvalue weighted by Gasteiger charge is -2.39. The molecule has 0 spiro atoms. The lowest BCUT2D eigenvalue weighted by atomic mass is 9.73. The van der Waals surface area contributed by atoms with Gasteiger partial charge in [-0.2, -0.15) is 13.2 Å². The minimum Gasteiger partial charge on any atom is -0.382 e. The first-order valence-corrected chi connectivity index (χ1v) is 6.30. The van der Waals surface area contributed by atoms with Crippen LogP contribution < -0.4 is 5.32 Å². The molecule has 1 nitrogen and oxygen atoms in total. The van der Waals surface area contributed by atoms with Crippen LogP contribution in [0.25, 0.3) is 0 Å². The van der Waals surface area contributed by atoms with E-state index >= 15 is 0 Å². The molecular formula is C14H18F3N. The topological polar surface area (TPSA) is 12.0 Å². The number of rotatable bonds is 3. The third-order valence-electron chi connectivity index (χ3n) is 3.70. The van der Waals surface area contributed by atoms with Crippen LogP contribution in [0.5, 0.6) is 0 Å². The monoisotopic (exact) mass is 257 g/mol. The fraction of sp³-hybridized carbons (Fsp3) is 0.571. The highest BCUT2D eigenvalue weighted by atomic mass is 19.4. The van der Waals surface area contributed by atoms with Crippen LogP contribution >= 0.6 is 0 Å². The summed E-state index contributed by atoms with van der Waals surface area (Å²) in [4.78, 5) is 0. The van der Waals surface area contributed by atoms with Crippen molar-refractivity contribution in [1.82, 2.24) is 0 Å². The summed E-state index contributed by atoms with van der Waals surface area (Å²) in [5.74, 6) is 1.44. The van der Waals surface area contributed by atoms with E-state index in [1.54, 1.807) is 0 Å². The molecule has 1 saturated carbocycles. The molecule has 1 aliphatic rings. The van der Waals surface area contributed by atoms with E-state index in [2.05, 4.69) is 19.2 Å². The number of anilines is 1. The normalized spacial score (nSPS) is 23.9. The van der Waals surface area contributed by atoms with Crippen molar-refractivity contribution >= 4 is 5.69 Å². The second kappa shape index (κ2) is 4.82. The third-order valence-corrected chi connectivity index (χ3v) is 3.70. The Morgan fingerprint density at radius 2 is 1.67 bits per heavy atom. The summed E-state index contributed by atoms with van der Waals surface area (Å²) in [6.45, 7) is 4.41. The third kappa shape index (κ3) is 2.98. The van der Waals surface area contributed by atoms with Gasteiger partial charge in [0.25, 0.3) is 0 Å². The number of benzene rings is 1. The average Bonchev–Trinajstić information content (AvgIpc) is 2.21. The van der Waals surface area contributed by atoms with Crippen LogP contribution in [0.4, 0.5) is 18.9 Å². The Labute approximate surface area is 105 Å². The molecule has 1 aromatic carbocycles. The molecule has 0 saturated heterocycles. The Hall–Kier alpha value is -1.19. The van der Waals surface area contributed by atoms with Crippen LogP contribution in [-0.4, -0.2) is 6.04 Å². The Balaban J connectivity index is 1.89. The summed E-state index contributed by atoms with van der Waals surface area (Å²) in [6, 6.07) is 5.67. The van der Waals surface area contributed by atoms with Crippen molar-refractivity contribution in [3.63, 3.8) is 0 Å². The molecule has 0 unspecified atom stereocenters. The predicted molar refractivity (Wildman–Crippen MR) is 66.4 cm³/mol. The second-order valence-corrected chi connectivity index (χ2v) is 5.39. The van der Waals surface area contributed by atoms with Gasteiger partial charge in [-0.25, -0.2) is 0 Å². The lowest BCUT2D eigenvalue weighted by molar-refractivity contribution is -0.137. The highest BCUT2D eigenvalue weighted by Crippen LogP contribution is 2.36. The van der Waals surface area contributed by atoms with Crippen molar-refractivity contribution < 1.29 is 13.2 Å². The molecule has 1 fully saturated rings. The first kappa shape index (κ1) is 13.2. The molecule has 18 heavy (non-hydrogen) atoms. The molecule has 0 aliphatic heterocycles. The van der Waals surface area contributed by atoms with E-state index in [9.17, 15) is 13.2 Å². The molecule has 2 rings (SSSR count). The molecule has 1 N–H and O–H groups in total. The zero-order chi connectivity index (χ0) is 13.3. The SMILES string of the molecule is CC(C)C1CC(Nc2ccc(C(F)(F)F)cc2)C1. The molecule has 1 aliphatic carbocycles. The summed E-state index contributed by atoms with van der Waals surface area (Å²) in [7, 11) is 0. The van der Waals surface area contributed by atoms with Crippen molar-refractivity contribution in [3.8, 4) is 0 Å². The van der Waals surface area contributed by atoms with Crippen LogP contribution in [0.3, 0.4) is 0 Å². The van der Waals surface area contributed by atoms with E-state index in [1.807, 2.05) is 0 Å². The average molecular weight is 257 g/mol. The molecule has 0 atom stereocenters. The lowest BCUT2D eigenvalue weighted by Crippen LogP contribution is -2.37. The molecule has 0 bridgehead atoms. The number of nitrogens with one attached hydrogen (secondary N) is 1.